The smallest absolute Gasteiger partial charge is 0.228 e. The van der Waals surface area contributed by atoms with Crippen LogP contribution in [-0.4, -0.2) is 23.3 Å². The number of carbonyl (C=O) groups is 1. The maximum absolute atomic E-state index is 12.7. The van der Waals surface area contributed by atoms with Crippen LogP contribution < -0.4 is 10.1 Å². The van der Waals surface area contributed by atoms with E-state index in [0.717, 1.165) is 48.0 Å². The molecule has 2 aromatic carbocycles. The first-order chi connectivity index (χ1) is 18.6. The molecule has 0 atom stereocenters. The van der Waals surface area contributed by atoms with Crippen molar-refractivity contribution in [1.29, 1.82) is 0 Å². The van der Waals surface area contributed by atoms with Gasteiger partial charge in [-0.2, -0.15) is 0 Å². The second-order valence-electron chi connectivity index (χ2n) is 10.5. The third-order valence-corrected chi connectivity index (χ3v) is 8.06. The zero-order valence-electron chi connectivity index (χ0n) is 23.7. The fourth-order valence-corrected chi connectivity index (χ4v) is 5.58. The van der Waals surface area contributed by atoms with Gasteiger partial charge in [0.05, 0.1) is 18.9 Å². The van der Waals surface area contributed by atoms with Crippen molar-refractivity contribution in [2.45, 2.75) is 104 Å². The summed E-state index contributed by atoms with van der Waals surface area (Å²) in [5.74, 6) is 1.85. The van der Waals surface area contributed by atoms with Crippen LogP contribution >= 0.6 is 11.8 Å². The highest BCUT2D eigenvalue weighted by Crippen LogP contribution is 2.27. The van der Waals surface area contributed by atoms with E-state index in [4.69, 9.17) is 4.74 Å². The number of unbranched alkanes of at least 4 members (excludes halogenated alkanes) is 11. The Labute approximate surface area is 235 Å². The molecular formula is C33H48N2O2S. The molecule has 1 heterocycles. The summed E-state index contributed by atoms with van der Waals surface area (Å²) >= 11 is 1.85. The van der Waals surface area contributed by atoms with E-state index in [2.05, 4.69) is 36.3 Å². The second kappa shape index (κ2) is 18.0. The predicted molar refractivity (Wildman–Crippen MR) is 164 cm³/mol. The van der Waals surface area contributed by atoms with E-state index in [1.807, 2.05) is 54.2 Å². The average Bonchev–Trinajstić information content (AvgIpc) is 3.33. The topological polar surface area (TPSA) is 41.6 Å². The molecule has 0 aromatic heterocycles. The summed E-state index contributed by atoms with van der Waals surface area (Å²) in [6.07, 6.45) is 18.7. The van der Waals surface area contributed by atoms with E-state index in [0.29, 0.717) is 6.42 Å². The molecule has 0 saturated heterocycles. The summed E-state index contributed by atoms with van der Waals surface area (Å²) in [7, 11) is 0. The van der Waals surface area contributed by atoms with Crippen LogP contribution in [0.3, 0.4) is 0 Å². The van der Waals surface area contributed by atoms with Crippen LogP contribution in [0.1, 0.15) is 102 Å². The van der Waals surface area contributed by atoms with Crippen molar-refractivity contribution < 1.29 is 9.53 Å². The number of anilines is 1. The molecular weight excluding hydrogens is 488 g/mol. The maximum atomic E-state index is 12.7. The summed E-state index contributed by atoms with van der Waals surface area (Å²) in [4.78, 5) is 16.4. The molecule has 1 aliphatic rings. The summed E-state index contributed by atoms with van der Waals surface area (Å²) in [5, 5.41) is 3.11. The van der Waals surface area contributed by atoms with Crippen molar-refractivity contribution in [2.24, 2.45) is 0 Å². The van der Waals surface area contributed by atoms with Crippen molar-refractivity contribution in [3.63, 3.8) is 0 Å². The van der Waals surface area contributed by atoms with Crippen molar-refractivity contribution in [2.75, 3.05) is 17.8 Å². The van der Waals surface area contributed by atoms with Gasteiger partial charge in [-0.15, -0.1) is 11.8 Å². The lowest BCUT2D eigenvalue weighted by Gasteiger charge is -2.17. The Morgan fingerprint density at radius 3 is 2.13 bits per heavy atom. The number of carbonyl (C=O) groups excluding carboxylic acids is 1. The molecule has 4 nitrogen and oxygen atoms in total. The van der Waals surface area contributed by atoms with Crippen molar-refractivity contribution >= 4 is 23.4 Å². The van der Waals surface area contributed by atoms with Gasteiger partial charge in [0.15, 0.2) is 0 Å². The van der Waals surface area contributed by atoms with E-state index in [1.54, 1.807) is 0 Å². The van der Waals surface area contributed by atoms with E-state index in [9.17, 15) is 4.79 Å². The molecule has 0 spiro atoms. The van der Waals surface area contributed by atoms with Gasteiger partial charge in [0.25, 0.3) is 0 Å². The number of allylic oxidation sites excluding steroid dienone is 1. The molecule has 5 heteroatoms. The molecule has 208 valence electrons. The Kier molecular flexibility index (Phi) is 14.3. The van der Waals surface area contributed by atoms with Gasteiger partial charge >= 0.3 is 0 Å². The van der Waals surface area contributed by atoms with Crippen molar-refractivity contribution in [1.82, 2.24) is 4.90 Å². The number of nitrogens with zero attached hydrogens (tertiary/aromatic N) is 1. The zero-order chi connectivity index (χ0) is 26.8. The number of amides is 1. The zero-order valence-corrected chi connectivity index (χ0v) is 24.5. The van der Waals surface area contributed by atoms with Gasteiger partial charge in [0.1, 0.15) is 5.75 Å². The van der Waals surface area contributed by atoms with E-state index >= 15 is 0 Å². The van der Waals surface area contributed by atoms with Gasteiger partial charge in [-0.1, -0.05) is 108 Å². The average molecular weight is 537 g/mol. The number of nitrogens with one attached hydrogen (secondary N) is 1. The van der Waals surface area contributed by atoms with Crippen LogP contribution in [0.15, 0.2) is 59.6 Å². The first kappa shape index (κ1) is 30.1. The van der Waals surface area contributed by atoms with Crippen LogP contribution in [0.4, 0.5) is 5.69 Å². The van der Waals surface area contributed by atoms with Crippen LogP contribution in [0.5, 0.6) is 5.75 Å². The minimum atomic E-state index is 0.00475. The lowest BCUT2D eigenvalue weighted by atomic mass is 10.1. The Morgan fingerprint density at radius 1 is 0.868 bits per heavy atom. The minimum absolute atomic E-state index is 0.00475. The largest absolute Gasteiger partial charge is 0.494 e. The molecule has 1 amide bonds. The van der Waals surface area contributed by atoms with E-state index < -0.39 is 0 Å². The lowest BCUT2D eigenvalue weighted by Crippen LogP contribution is -2.18. The Hall–Kier alpha value is -2.40. The minimum Gasteiger partial charge on any atom is -0.494 e. The molecule has 0 fully saturated rings. The molecule has 2 aromatic rings. The third kappa shape index (κ3) is 12.0. The third-order valence-electron chi connectivity index (χ3n) is 7.04. The number of hydrogen-bond acceptors (Lipinski definition) is 4. The number of hydrogen-bond donors (Lipinski definition) is 1. The molecule has 1 N–H and O–H groups in total. The molecule has 3 rings (SSSR count). The number of ether oxygens (including phenoxy) is 1. The maximum Gasteiger partial charge on any atom is 0.228 e. The molecule has 0 aliphatic carbocycles. The van der Waals surface area contributed by atoms with Gasteiger partial charge in [-0.25, -0.2) is 0 Å². The second-order valence-corrected chi connectivity index (χ2v) is 11.7. The van der Waals surface area contributed by atoms with Crippen LogP contribution in [-0.2, 0) is 17.8 Å². The molecule has 0 unspecified atom stereocenters. The van der Waals surface area contributed by atoms with Crippen LogP contribution in [0.25, 0.3) is 0 Å². The number of thioether (sulfide) groups is 1. The fourth-order valence-electron chi connectivity index (χ4n) is 4.82. The predicted octanol–water partition coefficient (Wildman–Crippen LogP) is 9.32. The molecule has 38 heavy (non-hydrogen) atoms. The SMILES string of the molecule is CCCCCCCCCCCCCCOc1ccc(CC(=O)Nc2ccccc2CN2C=C(C)SC2)cc1. The highest BCUT2D eigenvalue weighted by molar-refractivity contribution is 8.03. The van der Waals surface area contributed by atoms with Gasteiger partial charge in [-0.05, 0) is 47.6 Å². The quantitative estimate of drug-likeness (QED) is 0.182. The lowest BCUT2D eigenvalue weighted by molar-refractivity contribution is -0.115. The van der Waals surface area contributed by atoms with Crippen molar-refractivity contribution in [3.8, 4) is 5.75 Å². The Morgan fingerprint density at radius 2 is 1.50 bits per heavy atom. The summed E-state index contributed by atoms with van der Waals surface area (Å²) in [5.41, 5.74) is 3.02. The summed E-state index contributed by atoms with van der Waals surface area (Å²) in [6.45, 7) is 5.97. The van der Waals surface area contributed by atoms with E-state index in [-0.39, 0.29) is 5.91 Å². The normalized spacial score (nSPS) is 13.0. The van der Waals surface area contributed by atoms with E-state index in [1.165, 1.54) is 75.5 Å². The molecule has 1 aliphatic heterocycles. The first-order valence-electron chi connectivity index (χ1n) is 14.8. The fraction of sp³-hybridized carbons (Fsp3) is 0.545. The summed E-state index contributed by atoms with van der Waals surface area (Å²) in [6, 6.07) is 16.0. The molecule has 0 saturated carbocycles. The Balaban J connectivity index is 1.27. The highest BCUT2D eigenvalue weighted by atomic mass is 32.2. The molecule has 0 radical (unpaired) electrons. The number of para-hydroxylation sites is 1. The van der Waals surface area contributed by atoms with Crippen LogP contribution in [0.2, 0.25) is 0 Å². The highest BCUT2D eigenvalue weighted by Gasteiger charge is 2.13. The van der Waals surface area contributed by atoms with Gasteiger partial charge in [-0.3, -0.25) is 4.79 Å². The summed E-state index contributed by atoms with van der Waals surface area (Å²) < 4.78 is 5.93. The number of rotatable bonds is 19. The first-order valence-corrected chi connectivity index (χ1v) is 15.8. The van der Waals surface area contributed by atoms with Crippen LogP contribution in [0, 0.1) is 0 Å². The molecule has 0 bridgehead atoms. The van der Waals surface area contributed by atoms with Gasteiger partial charge in [0, 0.05) is 18.4 Å². The van der Waals surface area contributed by atoms with Gasteiger partial charge in [0.2, 0.25) is 5.91 Å². The van der Waals surface area contributed by atoms with Gasteiger partial charge < -0.3 is 15.0 Å². The standard InChI is InChI=1S/C33H48N2O2S/c1-3-4-5-6-7-8-9-10-11-12-13-16-23-37-31-21-19-29(20-22-31)24-33(36)34-32-18-15-14-17-30(32)26-35-25-28(2)38-27-35/h14-15,17-22,25H,3-13,16,23-24,26-27H2,1-2H3,(H,34,36). The monoisotopic (exact) mass is 536 g/mol. The number of benzene rings is 2. The van der Waals surface area contributed by atoms with Crippen molar-refractivity contribution in [3.05, 3.63) is 70.8 Å². The Bertz CT molecular complexity index is 973.